The molecule has 0 radical (unpaired) electrons. The van der Waals surface area contributed by atoms with Crippen LogP contribution in [0.3, 0.4) is 0 Å². The van der Waals surface area contributed by atoms with Gasteiger partial charge in [0.05, 0.1) is 12.6 Å². The highest BCUT2D eigenvalue weighted by atomic mass is 16.6. The van der Waals surface area contributed by atoms with Crippen LogP contribution in [0.2, 0.25) is 0 Å². The zero-order valence-electron chi connectivity index (χ0n) is 10.7. The van der Waals surface area contributed by atoms with Gasteiger partial charge in [0.2, 0.25) is 0 Å². The Kier molecular flexibility index (Phi) is 3.46. The second-order valence-electron chi connectivity index (χ2n) is 4.10. The monoisotopic (exact) mass is 245 g/mol. The number of pyridine rings is 1. The van der Waals surface area contributed by atoms with Crippen molar-refractivity contribution in [3.8, 4) is 5.75 Å². The summed E-state index contributed by atoms with van der Waals surface area (Å²) in [6.45, 7) is 3.80. The van der Waals surface area contributed by atoms with E-state index in [1.54, 1.807) is 0 Å². The average molecular weight is 245 g/mol. The molecule has 0 amide bonds. The van der Waals surface area contributed by atoms with Crippen LogP contribution in [0.4, 0.5) is 0 Å². The first-order valence-electron chi connectivity index (χ1n) is 5.68. The predicted octanol–water partition coefficient (Wildman–Crippen LogP) is 2.40. The van der Waals surface area contributed by atoms with E-state index in [4.69, 9.17) is 4.74 Å². The third-order valence-electron chi connectivity index (χ3n) is 2.70. The third-order valence-corrected chi connectivity index (χ3v) is 2.70. The Morgan fingerprint density at radius 2 is 2.11 bits per heavy atom. The number of carbonyl (C=O) groups excluding carboxylic acids is 1. The maximum absolute atomic E-state index is 11.1. The number of ether oxygens (including phenoxy) is 2. The molecule has 0 saturated carbocycles. The molecule has 4 nitrogen and oxygen atoms in total. The SMILES string of the molecule is COC(=O)COc1cc(C)nc2c(C)cccc12. The Morgan fingerprint density at radius 3 is 2.83 bits per heavy atom. The smallest absolute Gasteiger partial charge is 0.343 e. The van der Waals surface area contributed by atoms with Gasteiger partial charge in [-0.3, -0.25) is 4.98 Å². The van der Waals surface area contributed by atoms with Crippen molar-refractivity contribution >= 4 is 16.9 Å². The highest BCUT2D eigenvalue weighted by molar-refractivity contribution is 5.88. The number of nitrogens with zero attached hydrogens (tertiary/aromatic N) is 1. The fourth-order valence-corrected chi connectivity index (χ4v) is 1.80. The van der Waals surface area contributed by atoms with Crippen molar-refractivity contribution in [2.24, 2.45) is 0 Å². The summed E-state index contributed by atoms with van der Waals surface area (Å²) in [4.78, 5) is 15.6. The van der Waals surface area contributed by atoms with Crippen LogP contribution in [-0.2, 0) is 9.53 Å². The molecule has 1 aromatic heterocycles. The van der Waals surface area contributed by atoms with Gasteiger partial charge in [0.15, 0.2) is 6.61 Å². The maximum Gasteiger partial charge on any atom is 0.343 e. The topological polar surface area (TPSA) is 48.4 Å². The van der Waals surface area contributed by atoms with Gasteiger partial charge in [-0.2, -0.15) is 0 Å². The number of methoxy groups -OCH3 is 1. The van der Waals surface area contributed by atoms with Crippen molar-refractivity contribution in [2.75, 3.05) is 13.7 Å². The number of rotatable bonds is 3. The molecule has 0 aliphatic rings. The Hall–Kier alpha value is -2.10. The molecule has 2 rings (SSSR count). The van der Waals surface area contributed by atoms with Crippen LogP contribution >= 0.6 is 0 Å². The lowest BCUT2D eigenvalue weighted by molar-refractivity contribution is -0.142. The number of fused-ring (bicyclic) bond motifs is 1. The van der Waals surface area contributed by atoms with Crippen LogP contribution in [0.15, 0.2) is 24.3 Å². The molecule has 0 atom stereocenters. The van der Waals surface area contributed by atoms with Crippen LogP contribution in [0.1, 0.15) is 11.3 Å². The molecular formula is C14H15NO3. The number of aromatic nitrogens is 1. The number of carbonyl (C=O) groups is 1. The molecule has 2 aromatic rings. The summed E-state index contributed by atoms with van der Waals surface area (Å²) in [7, 11) is 1.34. The van der Waals surface area contributed by atoms with Gasteiger partial charge in [-0.05, 0) is 25.5 Å². The largest absolute Gasteiger partial charge is 0.481 e. The van der Waals surface area contributed by atoms with E-state index in [9.17, 15) is 4.79 Å². The average Bonchev–Trinajstić information content (AvgIpc) is 2.36. The molecule has 0 aliphatic heterocycles. The quantitative estimate of drug-likeness (QED) is 0.779. The number of benzene rings is 1. The minimum atomic E-state index is -0.398. The number of hydrogen-bond donors (Lipinski definition) is 0. The summed E-state index contributed by atoms with van der Waals surface area (Å²) in [6.07, 6.45) is 0. The van der Waals surface area contributed by atoms with Crippen molar-refractivity contribution in [3.05, 3.63) is 35.5 Å². The third kappa shape index (κ3) is 2.42. The summed E-state index contributed by atoms with van der Waals surface area (Å²) < 4.78 is 10.1. The predicted molar refractivity (Wildman–Crippen MR) is 68.7 cm³/mol. The van der Waals surface area contributed by atoms with Crippen molar-refractivity contribution in [3.63, 3.8) is 0 Å². The molecule has 0 N–H and O–H groups in total. The second-order valence-corrected chi connectivity index (χ2v) is 4.10. The van der Waals surface area contributed by atoms with E-state index < -0.39 is 5.97 Å². The second kappa shape index (κ2) is 5.04. The molecule has 0 fully saturated rings. The Morgan fingerprint density at radius 1 is 1.33 bits per heavy atom. The van der Waals surface area contributed by atoms with Crippen molar-refractivity contribution in [1.82, 2.24) is 4.98 Å². The normalized spacial score (nSPS) is 10.4. The Balaban J connectivity index is 2.43. The summed E-state index contributed by atoms with van der Waals surface area (Å²) >= 11 is 0. The van der Waals surface area contributed by atoms with E-state index in [-0.39, 0.29) is 6.61 Å². The first kappa shape index (κ1) is 12.4. The molecule has 0 spiro atoms. The summed E-state index contributed by atoms with van der Waals surface area (Å²) in [5, 5.41) is 0.907. The van der Waals surface area contributed by atoms with E-state index in [0.717, 1.165) is 22.2 Å². The van der Waals surface area contributed by atoms with Crippen molar-refractivity contribution < 1.29 is 14.3 Å². The summed E-state index contributed by atoms with van der Waals surface area (Å²) in [6, 6.07) is 7.70. The Bertz CT molecular complexity index is 593. The van der Waals surface area contributed by atoms with E-state index in [0.29, 0.717) is 5.75 Å². The van der Waals surface area contributed by atoms with Gasteiger partial charge < -0.3 is 9.47 Å². The lowest BCUT2D eigenvalue weighted by Gasteiger charge is -2.10. The fraction of sp³-hybridized carbons (Fsp3) is 0.286. The van der Waals surface area contributed by atoms with Gasteiger partial charge in [0.25, 0.3) is 0 Å². The fourth-order valence-electron chi connectivity index (χ4n) is 1.80. The molecule has 18 heavy (non-hydrogen) atoms. The zero-order chi connectivity index (χ0) is 13.1. The maximum atomic E-state index is 11.1. The van der Waals surface area contributed by atoms with Crippen LogP contribution < -0.4 is 4.74 Å². The molecule has 0 unspecified atom stereocenters. The molecule has 0 aliphatic carbocycles. The molecule has 0 saturated heterocycles. The van der Waals surface area contributed by atoms with E-state index in [2.05, 4.69) is 9.72 Å². The molecule has 94 valence electrons. The van der Waals surface area contributed by atoms with E-state index in [1.165, 1.54) is 7.11 Å². The van der Waals surface area contributed by atoms with E-state index >= 15 is 0 Å². The van der Waals surface area contributed by atoms with Crippen LogP contribution in [0.25, 0.3) is 10.9 Å². The molecular weight excluding hydrogens is 230 g/mol. The van der Waals surface area contributed by atoms with Gasteiger partial charge in [-0.1, -0.05) is 12.1 Å². The number of aryl methyl sites for hydroxylation is 2. The number of esters is 1. The van der Waals surface area contributed by atoms with E-state index in [1.807, 2.05) is 38.1 Å². The standard InChI is InChI=1S/C14H15NO3/c1-9-5-4-6-11-12(18-8-13(16)17-3)7-10(2)15-14(9)11/h4-7H,8H2,1-3H3. The highest BCUT2D eigenvalue weighted by Gasteiger charge is 2.09. The lowest BCUT2D eigenvalue weighted by atomic mass is 10.1. The lowest BCUT2D eigenvalue weighted by Crippen LogP contribution is -2.13. The van der Waals surface area contributed by atoms with Crippen LogP contribution in [0.5, 0.6) is 5.75 Å². The van der Waals surface area contributed by atoms with Gasteiger partial charge in [-0.25, -0.2) is 4.79 Å². The molecule has 1 heterocycles. The van der Waals surface area contributed by atoms with Crippen LogP contribution in [0, 0.1) is 13.8 Å². The van der Waals surface area contributed by atoms with Gasteiger partial charge in [0, 0.05) is 17.1 Å². The summed E-state index contributed by atoms with van der Waals surface area (Å²) in [5.74, 6) is 0.261. The molecule has 4 heteroatoms. The minimum Gasteiger partial charge on any atom is -0.481 e. The van der Waals surface area contributed by atoms with Gasteiger partial charge in [-0.15, -0.1) is 0 Å². The van der Waals surface area contributed by atoms with Gasteiger partial charge >= 0.3 is 5.97 Å². The highest BCUT2D eigenvalue weighted by Crippen LogP contribution is 2.27. The summed E-state index contributed by atoms with van der Waals surface area (Å²) in [5.41, 5.74) is 2.84. The molecule has 0 bridgehead atoms. The first-order valence-corrected chi connectivity index (χ1v) is 5.68. The number of hydrogen-bond acceptors (Lipinski definition) is 4. The Labute approximate surface area is 106 Å². The minimum absolute atomic E-state index is 0.0943. The zero-order valence-corrected chi connectivity index (χ0v) is 10.7. The molecule has 1 aromatic carbocycles. The van der Waals surface area contributed by atoms with Gasteiger partial charge in [0.1, 0.15) is 5.75 Å². The van der Waals surface area contributed by atoms with Crippen LogP contribution in [-0.4, -0.2) is 24.7 Å². The van der Waals surface area contributed by atoms with Crippen molar-refractivity contribution in [2.45, 2.75) is 13.8 Å². The van der Waals surface area contributed by atoms with Crippen molar-refractivity contribution in [1.29, 1.82) is 0 Å². The first-order chi connectivity index (χ1) is 8.61. The number of para-hydroxylation sites is 1.